The first kappa shape index (κ1) is 14.6. The quantitative estimate of drug-likeness (QED) is 0.781. The Balaban J connectivity index is 1.67. The molecule has 1 N–H and O–H groups in total. The van der Waals surface area contributed by atoms with Crippen molar-refractivity contribution in [2.24, 2.45) is 11.8 Å². The third-order valence-corrected chi connectivity index (χ3v) is 5.22. The number of hydrogen-bond donors (Lipinski definition) is 1. The van der Waals surface area contributed by atoms with E-state index in [0.717, 1.165) is 32.6 Å². The van der Waals surface area contributed by atoms with Gasteiger partial charge in [0.1, 0.15) is 0 Å². The van der Waals surface area contributed by atoms with E-state index in [9.17, 15) is 14.7 Å². The fourth-order valence-electron chi connectivity index (χ4n) is 3.95. The molecule has 5 heteroatoms. The van der Waals surface area contributed by atoms with Crippen LogP contribution in [0.15, 0.2) is 12.2 Å². The van der Waals surface area contributed by atoms with Crippen LogP contribution >= 0.6 is 0 Å². The van der Waals surface area contributed by atoms with Crippen molar-refractivity contribution in [1.82, 2.24) is 9.80 Å². The van der Waals surface area contributed by atoms with Crippen LogP contribution in [0, 0.1) is 11.8 Å². The van der Waals surface area contributed by atoms with E-state index in [-0.39, 0.29) is 11.8 Å². The maximum Gasteiger partial charge on any atom is 0.307 e. The van der Waals surface area contributed by atoms with E-state index in [0.29, 0.717) is 18.9 Å². The minimum Gasteiger partial charge on any atom is -0.481 e. The minimum atomic E-state index is -0.839. The summed E-state index contributed by atoms with van der Waals surface area (Å²) in [7, 11) is 0. The van der Waals surface area contributed by atoms with Gasteiger partial charge in [0.2, 0.25) is 5.91 Å². The zero-order valence-electron chi connectivity index (χ0n) is 12.4. The number of carbonyl (C=O) groups excluding carboxylic acids is 1. The molecule has 0 aromatic rings. The number of aliphatic carboxylic acids is 1. The van der Waals surface area contributed by atoms with E-state index in [1.165, 1.54) is 12.8 Å². The van der Waals surface area contributed by atoms with Crippen molar-refractivity contribution >= 4 is 11.9 Å². The predicted octanol–water partition coefficient (Wildman–Crippen LogP) is 1.35. The highest BCUT2D eigenvalue weighted by atomic mass is 16.4. The van der Waals surface area contributed by atoms with Crippen molar-refractivity contribution < 1.29 is 14.7 Å². The molecule has 116 valence electrons. The molecule has 1 unspecified atom stereocenters. The van der Waals surface area contributed by atoms with Crippen molar-refractivity contribution in [3.05, 3.63) is 12.2 Å². The standard InChI is InChI=1S/C16H24N2O3/c19-15(13-6-1-2-7-14(13)16(20)21)18-10-9-17-8-4-3-5-12(17)11-18/h1-2,12-14H,3-11H2,(H,20,21)/t12?,13-,14+/m1/s1. The number of nitrogens with zero attached hydrogens (tertiary/aromatic N) is 2. The van der Waals surface area contributed by atoms with Gasteiger partial charge in [-0.1, -0.05) is 18.6 Å². The summed E-state index contributed by atoms with van der Waals surface area (Å²) in [6.45, 7) is 3.63. The summed E-state index contributed by atoms with van der Waals surface area (Å²) in [4.78, 5) is 28.5. The van der Waals surface area contributed by atoms with Crippen LogP contribution in [0.4, 0.5) is 0 Å². The van der Waals surface area contributed by atoms with Crippen molar-refractivity contribution in [2.75, 3.05) is 26.2 Å². The predicted molar refractivity (Wildman–Crippen MR) is 78.8 cm³/mol. The molecule has 0 radical (unpaired) electrons. The molecule has 21 heavy (non-hydrogen) atoms. The highest BCUT2D eigenvalue weighted by molar-refractivity contribution is 5.85. The van der Waals surface area contributed by atoms with E-state index in [1.807, 2.05) is 17.1 Å². The van der Waals surface area contributed by atoms with E-state index >= 15 is 0 Å². The van der Waals surface area contributed by atoms with E-state index < -0.39 is 11.9 Å². The van der Waals surface area contributed by atoms with Gasteiger partial charge in [-0.25, -0.2) is 0 Å². The van der Waals surface area contributed by atoms with Gasteiger partial charge in [0, 0.05) is 25.7 Å². The topological polar surface area (TPSA) is 60.9 Å². The molecule has 2 fully saturated rings. The van der Waals surface area contributed by atoms with Crippen molar-refractivity contribution in [3.8, 4) is 0 Å². The van der Waals surface area contributed by atoms with Crippen LogP contribution in [-0.4, -0.2) is 59.0 Å². The van der Waals surface area contributed by atoms with Gasteiger partial charge in [0.25, 0.3) is 0 Å². The summed E-state index contributed by atoms with van der Waals surface area (Å²) >= 11 is 0. The summed E-state index contributed by atoms with van der Waals surface area (Å²) < 4.78 is 0. The molecule has 2 saturated heterocycles. The monoisotopic (exact) mass is 292 g/mol. The first-order valence-electron chi connectivity index (χ1n) is 8.07. The van der Waals surface area contributed by atoms with Crippen LogP contribution < -0.4 is 0 Å². The molecule has 3 rings (SSSR count). The Labute approximate surface area is 125 Å². The van der Waals surface area contributed by atoms with Gasteiger partial charge >= 0.3 is 5.97 Å². The minimum absolute atomic E-state index is 0.0528. The zero-order valence-corrected chi connectivity index (χ0v) is 12.4. The van der Waals surface area contributed by atoms with Gasteiger partial charge in [0.15, 0.2) is 0 Å². The number of hydrogen-bond acceptors (Lipinski definition) is 3. The second kappa shape index (κ2) is 6.18. The van der Waals surface area contributed by atoms with Crippen molar-refractivity contribution in [3.63, 3.8) is 0 Å². The van der Waals surface area contributed by atoms with Gasteiger partial charge in [0.05, 0.1) is 11.8 Å². The summed E-state index contributed by atoms with van der Waals surface area (Å²) in [6, 6.07) is 0.485. The normalized spacial score (nSPS) is 33.5. The molecule has 2 heterocycles. The summed E-state index contributed by atoms with van der Waals surface area (Å²) in [5, 5.41) is 9.33. The second-order valence-corrected chi connectivity index (χ2v) is 6.46. The number of rotatable bonds is 2. The molecule has 1 amide bonds. The summed E-state index contributed by atoms with van der Waals surface area (Å²) in [5.74, 6) is -1.71. The molecule has 0 aromatic heterocycles. The number of piperidine rings is 1. The lowest BCUT2D eigenvalue weighted by atomic mass is 9.81. The number of carboxylic acids is 1. The van der Waals surface area contributed by atoms with E-state index in [2.05, 4.69) is 4.90 Å². The van der Waals surface area contributed by atoms with Crippen molar-refractivity contribution in [2.45, 2.75) is 38.1 Å². The van der Waals surface area contributed by atoms with Crippen LogP contribution in [0.1, 0.15) is 32.1 Å². The molecule has 1 aliphatic carbocycles. The fourth-order valence-corrected chi connectivity index (χ4v) is 3.95. The molecule has 3 aliphatic rings. The molecule has 2 aliphatic heterocycles. The Morgan fingerprint density at radius 1 is 1.00 bits per heavy atom. The number of carboxylic acid groups (broad SMARTS) is 1. The Morgan fingerprint density at radius 3 is 2.52 bits per heavy atom. The fraction of sp³-hybridized carbons (Fsp3) is 0.750. The van der Waals surface area contributed by atoms with Gasteiger partial charge in [-0.15, -0.1) is 0 Å². The number of amides is 1. The zero-order chi connectivity index (χ0) is 14.8. The number of piperazine rings is 1. The Hall–Kier alpha value is -1.36. The third-order valence-electron chi connectivity index (χ3n) is 5.22. The molecule has 3 atom stereocenters. The van der Waals surface area contributed by atoms with Gasteiger partial charge in [-0.2, -0.15) is 0 Å². The molecule has 0 aromatic carbocycles. The largest absolute Gasteiger partial charge is 0.481 e. The Bertz CT molecular complexity index is 449. The number of fused-ring (bicyclic) bond motifs is 1. The second-order valence-electron chi connectivity index (χ2n) is 6.46. The summed E-state index contributed by atoms with van der Waals surface area (Å²) in [5.41, 5.74) is 0. The number of carbonyl (C=O) groups is 2. The molecule has 5 nitrogen and oxygen atoms in total. The summed E-state index contributed by atoms with van der Waals surface area (Å²) in [6.07, 6.45) is 8.57. The average molecular weight is 292 g/mol. The highest BCUT2D eigenvalue weighted by Gasteiger charge is 2.39. The van der Waals surface area contributed by atoms with Gasteiger partial charge in [-0.3, -0.25) is 14.5 Å². The lowest BCUT2D eigenvalue weighted by Gasteiger charge is -2.45. The number of allylic oxidation sites excluding steroid dienone is 2. The van der Waals surface area contributed by atoms with Crippen LogP contribution in [0.2, 0.25) is 0 Å². The third kappa shape index (κ3) is 2.98. The van der Waals surface area contributed by atoms with Gasteiger partial charge < -0.3 is 10.0 Å². The first-order chi connectivity index (χ1) is 10.2. The van der Waals surface area contributed by atoms with Crippen LogP contribution in [0.5, 0.6) is 0 Å². The highest BCUT2D eigenvalue weighted by Crippen LogP contribution is 2.29. The van der Waals surface area contributed by atoms with E-state index in [1.54, 1.807) is 0 Å². The van der Waals surface area contributed by atoms with Crippen LogP contribution in [0.25, 0.3) is 0 Å². The lowest BCUT2D eigenvalue weighted by molar-refractivity contribution is -0.152. The average Bonchev–Trinajstić information content (AvgIpc) is 2.53. The van der Waals surface area contributed by atoms with E-state index in [4.69, 9.17) is 0 Å². The molecular formula is C16H24N2O3. The molecule has 0 spiro atoms. The SMILES string of the molecule is O=C(O)[C@H]1CC=CC[C@H]1C(=O)N1CCN2CCCCC2C1. The molecule has 0 bridgehead atoms. The lowest BCUT2D eigenvalue weighted by Crippen LogP contribution is -2.57. The molecule has 0 saturated carbocycles. The molecular weight excluding hydrogens is 268 g/mol. The Kier molecular flexibility index (Phi) is 4.29. The first-order valence-corrected chi connectivity index (χ1v) is 8.07. The smallest absolute Gasteiger partial charge is 0.307 e. The van der Waals surface area contributed by atoms with Crippen molar-refractivity contribution in [1.29, 1.82) is 0 Å². The maximum absolute atomic E-state index is 12.8. The van der Waals surface area contributed by atoms with Crippen LogP contribution in [-0.2, 0) is 9.59 Å². The Morgan fingerprint density at radius 2 is 1.76 bits per heavy atom. The maximum atomic E-state index is 12.8. The van der Waals surface area contributed by atoms with Gasteiger partial charge in [-0.05, 0) is 32.2 Å². The van der Waals surface area contributed by atoms with Crippen LogP contribution in [0.3, 0.4) is 0 Å².